The van der Waals surface area contributed by atoms with Gasteiger partial charge in [0.1, 0.15) is 5.78 Å². The van der Waals surface area contributed by atoms with Crippen LogP contribution < -0.4 is 0 Å². The van der Waals surface area contributed by atoms with Crippen molar-refractivity contribution in [3.05, 3.63) is 0 Å². The lowest BCUT2D eigenvalue weighted by molar-refractivity contribution is -0.134. The second-order valence-corrected chi connectivity index (χ2v) is 8.07. The summed E-state index contributed by atoms with van der Waals surface area (Å²) in [4.78, 5) is 14.4. The molecule has 0 aliphatic heterocycles. The Kier molecular flexibility index (Phi) is 7.40. The zero-order valence-electron chi connectivity index (χ0n) is 15.0. The van der Waals surface area contributed by atoms with Gasteiger partial charge in [0.15, 0.2) is 0 Å². The molecule has 0 radical (unpaired) electrons. The van der Waals surface area contributed by atoms with E-state index in [-0.39, 0.29) is 17.1 Å². The predicted molar refractivity (Wildman–Crippen MR) is 86.0 cm³/mol. The van der Waals surface area contributed by atoms with Crippen LogP contribution in [0.2, 0.25) is 0 Å². The van der Waals surface area contributed by atoms with Crippen LogP contribution in [0, 0.1) is 16.7 Å². The number of ether oxygens (including phenoxy) is 1. The summed E-state index contributed by atoms with van der Waals surface area (Å²) < 4.78 is 5.87. The lowest BCUT2D eigenvalue weighted by Gasteiger charge is -2.33. The van der Waals surface area contributed by atoms with Crippen molar-refractivity contribution in [3.63, 3.8) is 0 Å². The fourth-order valence-corrected chi connectivity index (χ4v) is 2.34. The van der Waals surface area contributed by atoms with E-state index in [1.54, 1.807) is 0 Å². The SMILES string of the molecule is CC(C)C(=O)C(C)(C)COCC(C)(C)CN(C)C(C)C. The van der Waals surface area contributed by atoms with E-state index in [0.29, 0.717) is 19.3 Å². The van der Waals surface area contributed by atoms with Gasteiger partial charge in [-0.1, -0.05) is 41.5 Å². The van der Waals surface area contributed by atoms with E-state index in [1.165, 1.54) is 0 Å². The quantitative estimate of drug-likeness (QED) is 0.648. The maximum Gasteiger partial charge on any atom is 0.143 e. The second-order valence-electron chi connectivity index (χ2n) is 8.07. The summed E-state index contributed by atoms with van der Waals surface area (Å²) in [6.07, 6.45) is 0. The van der Waals surface area contributed by atoms with Crippen LogP contribution in [0.4, 0.5) is 0 Å². The molecule has 0 heterocycles. The molecule has 0 rings (SSSR count). The Labute approximate surface area is 126 Å². The highest BCUT2D eigenvalue weighted by Crippen LogP contribution is 2.24. The molecule has 0 N–H and O–H groups in total. The van der Waals surface area contributed by atoms with Gasteiger partial charge >= 0.3 is 0 Å². The predicted octanol–water partition coefficient (Wildman–Crippen LogP) is 3.62. The molecule has 0 aromatic heterocycles. The lowest BCUT2D eigenvalue weighted by Crippen LogP contribution is -2.40. The number of ketones is 1. The maximum atomic E-state index is 12.1. The third-order valence-electron chi connectivity index (χ3n) is 3.71. The molecule has 0 aliphatic rings. The van der Waals surface area contributed by atoms with Crippen LogP contribution >= 0.6 is 0 Å². The molecule has 0 saturated heterocycles. The van der Waals surface area contributed by atoms with Crippen LogP contribution in [0.5, 0.6) is 0 Å². The summed E-state index contributed by atoms with van der Waals surface area (Å²) in [5.41, 5.74) is -0.301. The summed E-state index contributed by atoms with van der Waals surface area (Å²) in [5, 5.41) is 0. The fourth-order valence-electron chi connectivity index (χ4n) is 2.34. The van der Waals surface area contributed by atoms with Gasteiger partial charge in [-0.25, -0.2) is 0 Å². The van der Waals surface area contributed by atoms with Crippen LogP contribution in [0.25, 0.3) is 0 Å². The second kappa shape index (κ2) is 7.56. The van der Waals surface area contributed by atoms with E-state index < -0.39 is 5.41 Å². The molecule has 0 spiro atoms. The Morgan fingerprint density at radius 2 is 1.55 bits per heavy atom. The van der Waals surface area contributed by atoms with E-state index in [2.05, 4.69) is 39.6 Å². The molecule has 120 valence electrons. The zero-order valence-corrected chi connectivity index (χ0v) is 15.0. The van der Waals surface area contributed by atoms with E-state index in [1.807, 2.05) is 27.7 Å². The van der Waals surface area contributed by atoms with Crippen LogP contribution in [0.1, 0.15) is 55.4 Å². The summed E-state index contributed by atoms with van der Waals surface area (Å²) in [6, 6.07) is 0.535. The van der Waals surface area contributed by atoms with Gasteiger partial charge < -0.3 is 9.64 Å². The number of Topliss-reactive ketones (excluding diaryl/α,β-unsaturated/α-hetero) is 1. The van der Waals surface area contributed by atoms with E-state index in [0.717, 1.165) is 6.54 Å². The van der Waals surface area contributed by atoms with Gasteiger partial charge in [0.2, 0.25) is 0 Å². The molecule has 0 atom stereocenters. The monoisotopic (exact) mass is 285 g/mol. The molecule has 0 amide bonds. The average Bonchev–Trinajstić information content (AvgIpc) is 2.26. The minimum atomic E-state index is -0.395. The minimum absolute atomic E-state index is 0.0636. The Morgan fingerprint density at radius 1 is 1.05 bits per heavy atom. The molecule has 0 unspecified atom stereocenters. The highest BCUT2D eigenvalue weighted by atomic mass is 16.5. The Balaban J connectivity index is 4.31. The van der Waals surface area contributed by atoms with Crippen molar-refractivity contribution in [1.82, 2.24) is 4.90 Å². The van der Waals surface area contributed by atoms with Crippen LogP contribution in [-0.4, -0.2) is 43.5 Å². The van der Waals surface area contributed by atoms with Crippen molar-refractivity contribution in [1.29, 1.82) is 0 Å². The minimum Gasteiger partial charge on any atom is -0.380 e. The number of rotatable bonds is 9. The molecule has 0 fully saturated rings. The summed E-state index contributed by atoms with van der Waals surface area (Å²) in [5.74, 6) is 0.336. The zero-order chi connectivity index (χ0) is 16.1. The van der Waals surface area contributed by atoms with Crippen LogP contribution in [0.15, 0.2) is 0 Å². The van der Waals surface area contributed by atoms with Crippen molar-refractivity contribution in [3.8, 4) is 0 Å². The third kappa shape index (κ3) is 6.85. The average molecular weight is 285 g/mol. The van der Waals surface area contributed by atoms with Gasteiger partial charge in [-0.05, 0) is 20.9 Å². The molecular formula is C17H35NO2. The molecular weight excluding hydrogens is 250 g/mol. The Hall–Kier alpha value is -0.410. The van der Waals surface area contributed by atoms with Gasteiger partial charge in [0.25, 0.3) is 0 Å². The lowest BCUT2D eigenvalue weighted by atomic mass is 9.83. The molecule has 0 aromatic carbocycles. The fraction of sp³-hybridized carbons (Fsp3) is 0.941. The van der Waals surface area contributed by atoms with Crippen LogP contribution in [-0.2, 0) is 9.53 Å². The molecule has 0 bridgehead atoms. The normalized spacial score (nSPS) is 13.6. The van der Waals surface area contributed by atoms with E-state index in [4.69, 9.17) is 4.74 Å². The van der Waals surface area contributed by atoms with Gasteiger partial charge in [-0.3, -0.25) is 4.79 Å². The molecule has 0 aliphatic carbocycles. The number of hydrogen-bond donors (Lipinski definition) is 0. The molecule has 0 aromatic rings. The van der Waals surface area contributed by atoms with Gasteiger partial charge in [-0.2, -0.15) is 0 Å². The van der Waals surface area contributed by atoms with Crippen molar-refractivity contribution in [2.45, 2.75) is 61.4 Å². The maximum absolute atomic E-state index is 12.1. The number of nitrogens with zero attached hydrogens (tertiary/aromatic N) is 1. The summed E-state index contributed by atoms with van der Waals surface area (Å²) in [6.45, 7) is 18.8. The molecule has 20 heavy (non-hydrogen) atoms. The van der Waals surface area contributed by atoms with E-state index >= 15 is 0 Å². The van der Waals surface area contributed by atoms with Crippen molar-refractivity contribution in [2.75, 3.05) is 26.8 Å². The van der Waals surface area contributed by atoms with Crippen LogP contribution in [0.3, 0.4) is 0 Å². The van der Waals surface area contributed by atoms with Crippen molar-refractivity contribution >= 4 is 5.78 Å². The topological polar surface area (TPSA) is 29.5 Å². The standard InChI is InChI=1S/C17H35NO2/c1-13(2)15(19)17(7,8)12-20-11-16(5,6)10-18(9)14(3)4/h13-14H,10-12H2,1-9H3. The molecule has 3 nitrogen and oxygen atoms in total. The smallest absolute Gasteiger partial charge is 0.143 e. The van der Waals surface area contributed by atoms with Gasteiger partial charge in [0.05, 0.1) is 13.2 Å². The number of hydrogen-bond acceptors (Lipinski definition) is 3. The van der Waals surface area contributed by atoms with E-state index in [9.17, 15) is 4.79 Å². The van der Waals surface area contributed by atoms with Gasteiger partial charge in [0, 0.05) is 29.3 Å². The Morgan fingerprint density at radius 3 is 1.95 bits per heavy atom. The molecule has 0 saturated carbocycles. The van der Waals surface area contributed by atoms with Crippen molar-refractivity contribution in [2.24, 2.45) is 16.7 Å². The molecule has 3 heteroatoms. The first-order valence-electron chi connectivity index (χ1n) is 7.71. The Bertz CT molecular complexity index is 306. The number of carbonyl (C=O) groups is 1. The highest BCUT2D eigenvalue weighted by molar-refractivity contribution is 5.85. The first kappa shape index (κ1) is 19.6. The summed E-state index contributed by atoms with van der Waals surface area (Å²) >= 11 is 0. The van der Waals surface area contributed by atoms with Crippen molar-refractivity contribution < 1.29 is 9.53 Å². The summed E-state index contributed by atoms with van der Waals surface area (Å²) in [7, 11) is 2.14. The highest BCUT2D eigenvalue weighted by Gasteiger charge is 2.31. The first-order chi connectivity index (χ1) is 8.89. The first-order valence-corrected chi connectivity index (χ1v) is 7.71. The van der Waals surface area contributed by atoms with Gasteiger partial charge in [-0.15, -0.1) is 0 Å². The largest absolute Gasteiger partial charge is 0.380 e. The number of carbonyl (C=O) groups excluding carboxylic acids is 1. The third-order valence-corrected chi connectivity index (χ3v) is 3.71.